The maximum atomic E-state index is 11.6. The first-order valence-corrected chi connectivity index (χ1v) is 5.22. The predicted octanol–water partition coefficient (Wildman–Crippen LogP) is 1.24. The zero-order chi connectivity index (χ0) is 12.7. The van der Waals surface area contributed by atoms with E-state index >= 15 is 0 Å². The standard InChI is InChI=1S/C12H16O5/c1-15-10-6-9(7-11(8-10)16-2)12(14)17-5-3-4-13/h6-8,13H,3-5H2,1-2H3. The van der Waals surface area contributed by atoms with Crippen molar-refractivity contribution < 1.29 is 24.1 Å². The molecule has 1 aromatic rings. The zero-order valence-electron chi connectivity index (χ0n) is 9.93. The van der Waals surface area contributed by atoms with E-state index in [1.807, 2.05) is 0 Å². The van der Waals surface area contributed by atoms with Gasteiger partial charge in [-0.1, -0.05) is 0 Å². The van der Waals surface area contributed by atoms with Gasteiger partial charge >= 0.3 is 5.97 Å². The Morgan fingerprint density at radius 3 is 2.24 bits per heavy atom. The summed E-state index contributed by atoms with van der Waals surface area (Å²) in [4.78, 5) is 11.6. The molecular formula is C12H16O5. The summed E-state index contributed by atoms with van der Waals surface area (Å²) in [6.07, 6.45) is 0.423. The van der Waals surface area contributed by atoms with Crippen LogP contribution < -0.4 is 9.47 Å². The Bertz CT molecular complexity index is 353. The van der Waals surface area contributed by atoms with E-state index in [-0.39, 0.29) is 13.2 Å². The Hall–Kier alpha value is -1.75. The normalized spacial score (nSPS) is 9.82. The lowest BCUT2D eigenvalue weighted by molar-refractivity contribution is 0.0481. The average molecular weight is 240 g/mol. The number of hydrogen-bond donors (Lipinski definition) is 1. The van der Waals surface area contributed by atoms with E-state index < -0.39 is 5.97 Å². The number of esters is 1. The van der Waals surface area contributed by atoms with Gasteiger partial charge in [-0.05, 0) is 12.1 Å². The van der Waals surface area contributed by atoms with Gasteiger partial charge < -0.3 is 19.3 Å². The Morgan fingerprint density at radius 1 is 1.18 bits per heavy atom. The van der Waals surface area contributed by atoms with Gasteiger partial charge in [-0.15, -0.1) is 0 Å². The molecule has 0 aliphatic rings. The Balaban J connectivity index is 2.77. The molecule has 5 nitrogen and oxygen atoms in total. The minimum absolute atomic E-state index is 0.00525. The summed E-state index contributed by atoms with van der Waals surface area (Å²) in [5, 5.41) is 8.58. The van der Waals surface area contributed by atoms with E-state index in [0.717, 1.165) is 0 Å². The molecule has 0 fully saturated rings. The van der Waals surface area contributed by atoms with Crippen LogP contribution in [0.25, 0.3) is 0 Å². The summed E-state index contributed by atoms with van der Waals surface area (Å²) >= 11 is 0. The molecule has 0 bridgehead atoms. The van der Waals surface area contributed by atoms with Crippen LogP contribution >= 0.6 is 0 Å². The first-order chi connectivity index (χ1) is 8.21. The van der Waals surface area contributed by atoms with E-state index in [9.17, 15) is 4.79 Å². The summed E-state index contributed by atoms with van der Waals surface area (Å²) in [5.74, 6) is 0.590. The lowest BCUT2D eigenvalue weighted by Crippen LogP contribution is -2.08. The number of aliphatic hydroxyl groups is 1. The average Bonchev–Trinajstić information content (AvgIpc) is 2.38. The van der Waals surface area contributed by atoms with E-state index in [0.29, 0.717) is 23.5 Å². The van der Waals surface area contributed by atoms with Crippen molar-refractivity contribution in [2.24, 2.45) is 0 Å². The van der Waals surface area contributed by atoms with Crippen molar-refractivity contribution in [3.63, 3.8) is 0 Å². The Labute approximate surface area is 99.9 Å². The second-order valence-corrected chi connectivity index (χ2v) is 3.31. The quantitative estimate of drug-likeness (QED) is 0.598. The molecule has 0 unspecified atom stereocenters. The molecule has 94 valence electrons. The molecule has 0 aliphatic heterocycles. The van der Waals surface area contributed by atoms with Crippen molar-refractivity contribution >= 4 is 5.97 Å². The van der Waals surface area contributed by atoms with E-state index in [2.05, 4.69) is 0 Å². The molecule has 0 radical (unpaired) electrons. The third-order valence-corrected chi connectivity index (χ3v) is 2.12. The van der Waals surface area contributed by atoms with Gasteiger partial charge in [0.25, 0.3) is 0 Å². The number of hydrogen-bond acceptors (Lipinski definition) is 5. The summed E-state index contributed by atoms with van der Waals surface area (Å²) < 4.78 is 15.0. The SMILES string of the molecule is COc1cc(OC)cc(C(=O)OCCCO)c1. The number of methoxy groups -OCH3 is 2. The second-order valence-electron chi connectivity index (χ2n) is 3.31. The molecule has 1 aromatic carbocycles. The number of carbonyl (C=O) groups excluding carboxylic acids is 1. The number of aliphatic hydroxyl groups excluding tert-OH is 1. The van der Waals surface area contributed by atoms with E-state index in [4.69, 9.17) is 19.3 Å². The van der Waals surface area contributed by atoms with E-state index in [1.54, 1.807) is 18.2 Å². The largest absolute Gasteiger partial charge is 0.497 e. The molecule has 0 heterocycles. The third-order valence-electron chi connectivity index (χ3n) is 2.12. The fourth-order valence-corrected chi connectivity index (χ4v) is 1.24. The first kappa shape index (κ1) is 13.3. The van der Waals surface area contributed by atoms with Gasteiger partial charge in [0.2, 0.25) is 0 Å². The Kier molecular flexibility index (Phi) is 5.29. The van der Waals surface area contributed by atoms with E-state index in [1.165, 1.54) is 14.2 Å². The maximum Gasteiger partial charge on any atom is 0.338 e. The third kappa shape index (κ3) is 3.96. The number of benzene rings is 1. The van der Waals surface area contributed by atoms with Gasteiger partial charge in [-0.25, -0.2) is 4.79 Å². The monoisotopic (exact) mass is 240 g/mol. The fraction of sp³-hybridized carbons (Fsp3) is 0.417. The molecule has 5 heteroatoms. The van der Waals surface area contributed by atoms with Crippen LogP contribution in [0.2, 0.25) is 0 Å². The molecule has 0 spiro atoms. The molecule has 1 N–H and O–H groups in total. The van der Waals surface area contributed by atoms with Crippen LogP contribution in [0.3, 0.4) is 0 Å². The topological polar surface area (TPSA) is 65.0 Å². The van der Waals surface area contributed by atoms with Gasteiger partial charge in [-0.2, -0.15) is 0 Å². The molecular weight excluding hydrogens is 224 g/mol. The van der Waals surface area contributed by atoms with Crippen LogP contribution in [-0.4, -0.2) is 38.5 Å². The second kappa shape index (κ2) is 6.75. The van der Waals surface area contributed by atoms with Crippen molar-refractivity contribution in [2.45, 2.75) is 6.42 Å². The van der Waals surface area contributed by atoms with Crippen LogP contribution in [0.5, 0.6) is 11.5 Å². The highest BCUT2D eigenvalue weighted by atomic mass is 16.5. The number of carbonyl (C=O) groups is 1. The predicted molar refractivity (Wildman–Crippen MR) is 61.5 cm³/mol. The summed E-state index contributed by atoms with van der Waals surface area (Å²) in [5.41, 5.74) is 0.360. The molecule has 0 aliphatic carbocycles. The van der Waals surface area contributed by atoms with Gasteiger partial charge in [0.1, 0.15) is 11.5 Å². The number of rotatable bonds is 6. The fourth-order valence-electron chi connectivity index (χ4n) is 1.24. The minimum atomic E-state index is -0.462. The smallest absolute Gasteiger partial charge is 0.338 e. The van der Waals surface area contributed by atoms with Gasteiger partial charge in [0.15, 0.2) is 0 Å². The minimum Gasteiger partial charge on any atom is -0.497 e. The number of ether oxygens (including phenoxy) is 3. The highest BCUT2D eigenvalue weighted by molar-refractivity contribution is 5.90. The van der Waals surface area contributed by atoms with Crippen molar-refractivity contribution in [1.29, 1.82) is 0 Å². The van der Waals surface area contributed by atoms with Crippen LogP contribution in [0, 0.1) is 0 Å². The van der Waals surface area contributed by atoms with Crippen LogP contribution in [0.15, 0.2) is 18.2 Å². The first-order valence-electron chi connectivity index (χ1n) is 5.22. The molecule has 17 heavy (non-hydrogen) atoms. The lowest BCUT2D eigenvalue weighted by Gasteiger charge is -2.08. The highest BCUT2D eigenvalue weighted by Crippen LogP contribution is 2.22. The molecule has 0 saturated carbocycles. The summed E-state index contributed by atoms with van der Waals surface area (Å²) in [6.45, 7) is 0.184. The van der Waals surface area contributed by atoms with Crippen molar-refractivity contribution in [3.8, 4) is 11.5 Å². The van der Waals surface area contributed by atoms with Crippen LogP contribution in [0.4, 0.5) is 0 Å². The zero-order valence-corrected chi connectivity index (χ0v) is 9.93. The lowest BCUT2D eigenvalue weighted by atomic mass is 10.2. The Morgan fingerprint density at radius 2 is 1.76 bits per heavy atom. The van der Waals surface area contributed by atoms with Crippen LogP contribution in [-0.2, 0) is 4.74 Å². The van der Waals surface area contributed by atoms with Crippen molar-refractivity contribution in [3.05, 3.63) is 23.8 Å². The molecule has 0 saturated heterocycles. The van der Waals surface area contributed by atoms with Crippen molar-refractivity contribution in [1.82, 2.24) is 0 Å². The van der Waals surface area contributed by atoms with Gasteiger partial charge in [0.05, 0.1) is 26.4 Å². The highest BCUT2D eigenvalue weighted by Gasteiger charge is 2.10. The maximum absolute atomic E-state index is 11.6. The molecule has 1 rings (SSSR count). The summed E-state index contributed by atoms with van der Waals surface area (Å²) in [7, 11) is 3.02. The molecule has 0 aromatic heterocycles. The summed E-state index contributed by atoms with van der Waals surface area (Å²) in [6, 6.07) is 4.82. The molecule has 0 atom stereocenters. The van der Waals surface area contributed by atoms with Crippen molar-refractivity contribution in [2.75, 3.05) is 27.4 Å². The van der Waals surface area contributed by atoms with Gasteiger partial charge in [-0.3, -0.25) is 0 Å². The molecule has 0 amide bonds. The van der Waals surface area contributed by atoms with Crippen LogP contribution in [0.1, 0.15) is 16.8 Å². The van der Waals surface area contributed by atoms with Gasteiger partial charge in [0, 0.05) is 19.1 Å².